The normalized spacial score (nSPS) is 10.2. The summed E-state index contributed by atoms with van der Waals surface area (Å²) >= 11 is 0. The number of amides is 1. The Balaban J connectivity index is 1.94. The van der Waals surface area contributed by atoms with E-state index in [1.807, 2.05) is 24.3 Å². The van der Waals surface area contributed by atoms with Crippen molar-refractivity contribution >= 4 is 17.7 Å². The molecule has 0 saturated carbocycles. The molecule has 98 valence electrons. The lowest BCUT2D eigenvalue weighted by Gasteiger charge is -2.02. The number of hydrogen-bond donors (Lipinski definition) is 1. The maximum atomic E-state index is 11.7. The summed E-state index contributed by atoms with van der Waals surface area (Å²) in [6, 6.07) is 12.9. The third-order valence-corrected chi connectivity index (χ3v) is 2.64. The maximum absolute atomic E-state index is 11.7. The van der Waals surface area contributed by atoms with E-state index in [2.05, 4.69) is 16.4 Å². The van der Waals surface area contributed by atoms with Crippen molar-refractivity contribution in [3.8, 4) is 6.07 Å². The molecular formula is C16H13N3O. The highest BCUT2D eigenvalue weighted by atomic mass is 16.1. The average molecular weight is 263 g/mol. The first kappa shape index (κ1) is 13.5. The van der Waals surface area contributed by atoms with E-state index in [1.165, 1.54) is 6.08 Å². The Morgan fingerprint density at radius 3 is 2.55 bits per heavy atom. The lowest BCUT2D eigenvalue weighted by Crippen LogP contribution is -2.07. The van der Waals surface area contributed by atoms with E-state index in [0.717, 1.165) is 11.1 Å². The van der Waals surface area contributed by atoms with Crippen molar-refractivity contribution in [3.63, 3.8) is 0 Å². The number of nitriles is 1. The zero-order valence-corrected chi connectivity index (χ0v) is 10.8. The van der Waals surface area contributed by atoms with Gasteiger partial charge in [-0.2, -0.15) is 5.26 Å². The lowest BCUT2D eigenvalue weighted by atomic mass is 10.1. The molecule has 0 atom stereocenters. The van der Waals surface area contributed by atoms with Gasteiger partial charge in [0.15, 0.2) is 0 Å². The number of benzene rings is 1. The van der Waals surface area contributed by atoms with Gasteiger partial charge in [-0.15, -0.1) is 0 Å². The van der Waals surface area contributed by atoms with Gasteiger partial charge in [0, 0.05) is 24.2 Å². The van der Waals surface area contributed by atoms with Crippen molar-refractivity contribution in [2.45, 2.75) is 6.42 Å². The quantitative estimate of drug-likeness (QED) is 0.862. The van der Waals surface area contributed by atoms with E-state index in [9.17, 15) is 4.79 Å². The molecule has 2 aromatic rings. The fourth-order valence-electron chi connectivity index (χ4n) is 1.63. The molecule has 1 amide bonds. The molecule has 1 N–H and O–H groups in total. The first-order valence-electron chi connectivity index (χ1n) is 6.13. The molecule has 0 aliphatic heterocycles. The minimum atomic E-state index is -0.199. The van der Waals surface area contributed by atoms with Crippen LogP contribution in [-0.2, 0) is 11.2 Å². The van der Waals surface area contributed by atoms with Gasteiger partial charge >= 0.3 is 0 Å². The van der Waals surface area contributed by atoms with Crippen molar-refractivity contribution in [1.82, 2.24) is 4.98 Å². The summed E-state index contributed by atoms with van der Waals surface area (Å²) in [5.74, 6) is -0.199. The standard InChI is InChI=1S/C16H13N3O/c17-10-7-13-1-4-15(5-2-13)19-16(20)6-3-14-8-11-18-12-9-14/h1-6,8-9,11-12H,7H2,(H,19,20)/b6-3+. The fourth-order valence-corrected chi connectivity index (χ4v) is 1.63. The third kappa shape index (κ3) is 4.07. The number of nitrogens with zero attached hydrogens (tertiary/aromatic N) is 2. The number of aromatic nitrogens is 1. The first-order valence-corrected chi connectivity index (χ1v) is 6.13. The van der Waals surface area contributed by atoms with Crippen molar-refractivity contribution in [3.05, 3.63) is 66.0 Å². The van der Waals surface area contributed by atoms with Gasteiger partial charge in [0.05, 0.1) is 12.5 Å². The van der Waals surface area contributed by atoms with Crippen LogP contribution in [0, 0.1) is 11.3 Å². The fraction of sp³-hybridized carbons (Fsp3) is 0.0625. The first-order chi connectivity index (χ1) is 9.78. The van der Waals surface area contributed by atoms with Gasteiger partial charge in [-0.25, -0.2) is 0 Å². The van der Waals surface area contributed by atoms with Crippen LogP contribution in [0.3, 0.4) is 0 Å². The number of carbonyl (C=O) groups excluding carboxylic acids is 1. The second-order valence-electron chi connectivity index (χ2n) is 4.13. The predicted octanol–water partition coefficient (Wildman–Crippen LogP) is 2.80. The minimum absolute atomic E-state index is 0.199. The molecule has 2 rings (SSSR count). The van der Waals surface area contributed by atoms with Crippen LogP contribution in [0.2, 0.25) is 0 Å². The number of nitrogens with one attached hydrogen (secondary N) is 1. The van der Waals surface area contributed by atoms with E-state index in [4.69, 9.17) is 5.26 Å². The highest BCUT2D eigenvalue weighted by Crippen LogP contribution is 2.10. The molecule has 1 aromatic heterocycles. The van der Waals surface area contributed by atoms with Crippen LogP contribution in [0.1, 0.15) is 11.1 Å². The Morgan fingerprint density at radius 1 is 1.20 bits per heavy atom. The number of pyridine rings is 1. The predicted molar refractivity (Wildman–Crippen MR) is 77.7 cm³/mol. The van der Waals surface area contributed by atoms with E-state index in [1.54, 1.807) is 30.6 Å². The molecular weight excluding hydrogens is 250 g/mol. The van der Waals surface area contributed by atoms with Crippen LogP contribution in [0.15, 0.2) is 54.9 Å². The molecule has 0 unspecified atom stereocenters. The van der Waals surface area contributed by atoms with Crippen LogP contribution >= 0.6 is 0 Å². The Labute approximate surface area is 117 Å². The molecule has 1 heterocycles. The molecule has 0 aliphatic rings. The molecule has 0 fully saturated rings. The van der Waals surface area contributed by atoms with Crippen LogP contribution < -0.4 is 5.32 Å². The third-order valence-electron chi connectivity index (χ3n) is 2.64. The number of hydrogen-bond acceptors (Lipinski definition) is 3. The summed E-state index contributed by atoms with van der Waals surface area (Å²) in [6.45, 7) is 0. The molecule has 1 aromatic carbocycles. The zero-order valence-electron chi connectivity index (χ0n) is 10.8. The molecule has 0 saturated heterocycles. The maximum Gasteiger partial charge on any atom is 0.248 e. The SMILES string of the molecule is N#CCc1ccc(NC(=O)/C=C/c2ccncc2)cc1. The number of anilines is 1. The van der Waals surface area contributed by atoms with E-state index >= 15 is 0 Å². The summed E-state index contributed by atoms with van der Waals surface area (Å²) < 4.78 is 0. The molecule has 0 radical (unpaired) electrons. The summed E-state index contributed by atoms with van der Waals surface area (Å²) in [7, 11) is 0. The van der Waals surface area contributed by atoms with E-state index in [-0.39, 0.29) is 5.91 Å². The highest BCUT2D eigenvalue weighted by Gasteiger charge is 1.98. The second-order valence-corrected chi connectivity index (χ2v) is 4.13. The Hall–Kier alpha value is -2.93. The summed E-state index contributed by atoms with van der Waals surface area (Å²) in [6.07, 6.45) is 6.91. The van der Waals surface area contributed by atoms with Crippen molar-refractivity contribution in [1.29, 1.82) is 5.26 Å². The summed E-state index contributed by atoms with van der Waals surface area (Å²) in [5, 5.41) is 11.3. The molecule has 4 nitrogen and oxygen atoms in total. The largest absolute Gasteiger partial charge is 0.323 e. The van der Waals surface area contributed by atoms with E-state index in [0.29, 0.717) is 12.1 Å². The Morgan fingerprint density at radius 2 is 1.90 bits per heavy atom. The average Bonchev–Trinajstić information content (AvgIpc) is 2.49. The minimum Gasteiger partial charge on any atom is -0.323 e. The van der Waals surface area contributed by atoms with Gasteiger partial charge in [0.2, 0.25) is 5.91 Å². The molecule has 0 spiro atoms. The van der Waals surface area contributed by atoms with Crippen LogP contribution in [0.4, 0.5) is 5.69 Å². The van der Waals surface area contributed by atoms with Crippen LogP contribution in [0.25, 0.3) is 6.08 Å². The van der Waals surface area contributed by atoms with Gasteiger partial charge in [0.25, 0.3) is 0 Å². The highest BCUT2D eigenvalue weighted by molar-refractivity contribution is 6.01. The zero-order chi connectivity index (χ0) is 14.2. The second kappa shape index (κ2) is 6.86. The summed E-state index contributed by atoms with van der Waals surface area (Å²) in [4.78, 5) is 15.6. The molecule has 0 aliphatic carbocycles. The molecule has 20 heavy (non-hydrogen) atoms. The Kier molecular flexibility index (Phi) is 4.63. The summed E-state index contributed by atoms with van der Waals surface area (Å²) in [5.41, 5.74) is 2.55. The van der Waals surface area contributed by atoms with Gasteiger partial charge in [0.1, 0.15) is 0 Å². The van der Waals surface area contributed by atoms with Gasteiger partial charge in [-0.3, -0.25) is 9.78 Å². The topological polar surface area (TPSA) is 65.8 Å². The van der Waals surface area contributed by atoms with Crippen LogP contribution in [-0.4, -0.2) is 10.9 Å². The van der Waals surface area contributed by atoms with Crippen LogP contribution in [0.5, 0.6) is 0 Å². The smallest absolute Gasteiger partial charge is 0.248 e. The van der Waals surface area contributed by atoms with Gasteiger partial charge in [-0.05, 0) is 41.5 Å². The van der Waals surface area contributed by atoms with Crippen molar-refractivity contribution < 1.29 is 4.79 Å². The Bertz CT molecular complexity index is 640. The lowest BCUT2D eigenvalue weighted by molar-refractivity contribution is -0.111. The van der Waals surface area contributed by atoms with E-state index < -0.39 is 0 Å². The van der Waals surface area contributed by atoms with Gasteiger partial charge in [-0.1, -0.05) is 12.1 Å². The van der Waals surface area contributed by atoms with Crippen molar-refractivity contribution in [2.24, 2.45) is 0 Å². The molecule has 4 heteroatoms. The monoisotopic (exact) mass is 263 g/mol. The number of rotatable bonds is 4. The van der Waals surface area contributed by atoms with Gasteiger partial charge < -0.3 is 5.32 Å². The molecule has 0 bridgehead atoms. The number of carbonyl (C=O) groups is 1. The van der Waals surface area contributed by atoms with Crippen molar-refractivity contribution in [2.75, 3.05) is 5.32 Å².